The zero-order valence-electron chi connectivity index (χ0n) is 9.42. The normalized spacial score (nSPS) is 29.1. The minimum absolute atomic E-state index is 0.476. The maximum absolute atomic E-state index is 5.48. The van der Waals surface area contributed by atoms with Crippen molar-refractivity contribution in [2.75, 3.05) is 20.7 Å². The van der Waals surface area contributed by atoms with Crippen molar-refractivity contribution in [2.45, 2.75) is 45.3 Å². The molecule has 0 radical (unpaired) electrons. The van der Waals surface area contributed by atoms with Crippen molar-refractivity contribution >= 4 is 0 Å². The SMILES string of the molecule is CO[C@H]1CCC[C@@H]1N(C)CC(C)C. The molecule has 13 heavy (non-hydrogen) atoms. The molecule has 0 saturated heterocycles. The van der Waals surface area contributed by atoms with Gasteiger partial charge in [0.15, 0.2) is 0 Å². The van der Waals surface area contributed by atoms with E-state index >= 15 is 0 Å². The third-order valence-corrected chi connectivity index (χ3v) is 2.94. The van der Waals surface area contributed by atoms with Crippen molar-refractivity contribution < 1.29 is 4.74 Å². The van der Waals surface area contributed by atoms with Gasteiger partial charge in [0.2, 0.25) is 0 Å². The second-order valence-corrected chi connectivity index (χ2v) is 4.61. The number of nitrogens with zero attached hydrogens (tertiary/aromatic N) is 1. The van der Waals surface area contributed by atoms with Gasteiger partial charge in [-0.2, -0.15) is 0 Å². The van der Waals surface area contributed by atoms with Crippen LogP contribution in [0.25, 0.3) is 0 Å². The lowest BCUT2D eigenvalue weighted by Gasteiger charge is -2.30. The molecule has 1 saturated carbocycles. The molecule has 2 nitrogen and oxygen atoms in total. The van der Waals surface area contributed by atoms with E-state index in [0.717, 1.165) is 5.92 Å². The van der Waals surface area contributed by atoms with Gasteiger partial charge in [0, 0.05) is 19.7 Å². The maximum atomic E-state index is 5.48. The van der Waals surface area contributed by atoms with E-state index < -0.39 is 0 Å². The van der Waals surface area contributed by atoms with Crippen molar-refractivity contribution in [1.29, 1.82) is 0 Å². The third-order valence-electron chi connectivity index (χ3n) is 2.94. The Hall–Kier alpha value is -0.0800. The summed E-state index contributed by atoms with van der Waals surface area (Å²) in [6.45, 7) is 5.73. The summed E-state index contributed by atoms with van der Waals surface area (Å²) in [6.07, 6.45) is 4.35. The van der Waals surface area contributed by atoms with E-state index in [4.69, 9.17) is 4.74 Å². The quantitative estimate of drug-likeness (QED) is 0.665. The van der Waals surface area contributed by atoms with Gasteiger partial charge in [-0.05, 0) is 32.2 Å². The third kappa shape index (κ3) is 2.96. The Morgan fingerprint density at radius 1 is 1.38 bits per heavy atom. The summed E-state index contributed by atoms with van der Waals surface area (Å²) < 4.78 is 5.48. The first kappa shape index (κ1) is 11.0. The standard InChI is InChI=1S/C11H23NO/c1-9(2)8-12(3)10-6-5-7-11(10)13-4/h9-11H,5-8H2,1-4H3/t10-,11-/m0/s1. The molecule has 0 spiro atoms. The van der Waals surface area contributed by atoms with E-state index in [1.165, 1.54) is 25.8 Å². The molecule has 0 aromatic rings. The zero-order chi connectivity index (χ0) is 9.84. The van der Waals surface area contributed by atoms with Crippen molar-refractivity contribution in [3.63, 3.8) is 0 Å². The number of rotatable bonds is 4. The van der Waals surface area contributed by atoms with Crippen molar-refractivity contribution in [1.82, 2.24) is 4.90 Å². The molecule has 0 N–H and O–H groups in total. The Balaban J connectivity index is 2.40. The van der Waals surface area contributed by atoms with Gasteiger partial charge in [-0.1, -0.05) is 13.8 Å². The number of hydrogen-bond acceptors (Lipinski definition) is 2. The van der Waals surface area contributed by atoms with Crippen LogP contribution in [-0.2, 0) is 4.74 Å². The highest BCUT2D eigenvalue weighted by molar-refractivity contribution is 4.85. The van der Waals surface area contributed by atoms with Gasteiger partial charge in [0.05, 0.1) is 6.10 Å². The van der Waals surface area contributed by atoms with Crippen LogP contribution >= 0.6 is 0 Å². The molecule has 2 atom stereocenters. The lowest BCUT2D eigenvalue weighted by atomic mass is 10.1. The lowest BCUT2D eigenvalue weighted by Crippen LogP contribution is -2.40. The largest absolute Gasteiger partial charge is 0.380 e. The van der Waals surface area contributed by atoms with E-state index in [9.17, 15) is 0 Å². The smallest absolute Gasteiger partial charge is 0.0726 e. The van der Waals surface area contributed by atoms with E-state index in [1.54, 1.807) is 0 Å². The molecule has 0 aliphatic heterocycles. The van der Waals surface area contributed by atoms with Crippen molar-refractivity contribution in [3.05, 3.63) is 0 Å². The molecule has 1 aliphatic carbocycles. The number of hydrogen-bond donors (Lipinski definition) is 0. The van der Waals surface area contributed by atoms with Crippen LogP contribution in [-0.4, -0.2) is 37.7 Å². The summed E-state index contributed by atoms with van der Waals surface area (Å²) in [5.41, 5.74) is 0. The van der Waals surface area contributed by atoms with E-state index in [0.29, 0.717) is 12.1 Å². The predicted octanol–water partition coefficient (Wildman–Crippen LogP) is 2.14. The van der Waals surface area contributed by atoms with Gasteiger partial charge in [-0.25, -0.2) is 0 Å². The van der Waals surface area contributed by atoms with Crippen LogP contribution in [0.1, 0.15) is 33.1 Å². The Bertz CT molecular complexity index is 147. The summed E-state index contributed by atoms with van der Waals surface area (Å²) in [4.78, 5) is 2.46. The van der Waals surface area contributed by atoms with Crippen LogP contribution in [0.3, 0.4) is 0 Å². The minimum Gasteiger partial charge on any atom is -0.380 e. The Morgan fingerprint density at radius 3 is 2.62 bits per heavy atom. The number of ether oxygens (including phenoxy) is 1. The Labute approximate surface area is 82.3 Å². The Morgan fingerprint density at radius 2 is 2.08 bits per heavy atom. The number of likely N-dealkylation sites (N-methyl/N-ethyl adjacent to an activating group) is 1. The van der Waals surface area contributed by atoms with Crippen molar-refractivity contribution in [2.24, 2.45) is 5.92 Å². The molecule has 0 unspecified atom stereocenters. The zero-order valence-corrected chi connectivity index (χ0v) is 9.42. The number of methoxy groups -OCH3 is 1. The fraction of sp³-hybridized carbons (Fsp3) is 1.00. The monoisotopic (exact) mass is 185 g/mol. The topological polar surface area (TPSA) is 12.5 Å². The predicted molar refractivity (Wildman–Crippen MR) is 55.9 cm³/mol. The summed E-state index contributed by atoms with van der Waals surface area (Å²) in [6, 6.07) is 0.660. The molecule has 1 aliphatic rings. The highest BCUT2D eigenvalue weighted by Crippen LogP contribution is 2.25. The second kappa shape index (κ2) is 4.97. The molecule has 0 aromatic carbocycles. The molecule has 0 amide bonds. The lowest BCUT2D eigenvalue weighted by molar-refractivity contribution is 0.0393. The van der Waals surface area contributed by atoms with Crippen LogP contribution in [0.15, 0.2) is 0 Å². The van der Waals surface area contributed by atoms with Gasteiger partial charge in [-0.15, -0.1) is 0 Å². The summed E-state index contributed by atoms with van der Waals surface area (Å²) in [5, 5.41) is 0. The highest BCUT2D eigenvalue weighted by Gasteiger charge is 2.30. The Kier molecular flexibility index (Phi) is 4.20. The molecule has 1 rings (SSSR count). The summed E-state index contributed by atoms with van der Waals surface area (Å²) in [5.74, 6) is 0.753. The fourth-order valence-electron chi connectivity index (χ4n) is 2.40. The highest BCUT2D eigenvalue weighted by atomic mass is 16.5. The first-order valence-corrected chi connectivity index (χ1v) is 5.38. The molecule has 0 bridgehead atoms. The van der Waals surface area contributed by atoms with Crippen LogP contribution in [0.4, 0.5) is 0 Å². The van der Waals surface area contributed by atoms with E-state index in [1.807, 2.05) is 7.11 Å². The van der Waals surface area contributed by atoms with E-state index in [2.05, 4.69) is 25.8 Å². The molecule has 1 fully saturated rings. The van der Waals surface area contributed by atoms with Gasteiger partial charge >= 0.3 is 0 Å². The summed E-state index contributed by atoms with van der Waals surface area (Å²) in [7, 11) is 4.06. The van der Waals surface area contributed by atoms with Gasteiger partial charge in [0.1, 0.15) is 0 Å². The van der Waals surface area contributed by atoms with E-state index in [-0.39, 0.29) is 0 Å². The van der Waals surface area contributed by atoms with Gasteiger partial charge < -0.3 is 9.64 Å². The molecule has 0 heterocycles. The first-order chi connectivity index (χ1) is 6.15. The van der Waals surface area contributed by atoms with Crippen molar-refractivity contribution in [3.8, 4) is 0 Å². The van der Waals surface area contributed by atoms with Gasteiger partial charge in [-0.3, -0.25) is 0 Å². The molecular weight excluding hydrogens is 162 g/mol. The molecule has 0 aromatic heterocycles. The summed E-state index contributed by atoms with van der Waals surface area (Å²) >= 11 is 0. The minimum atomic E-state index is 0.476. The first-order valence-electron chi connectivity index (χ1n) is 5.38. The molecule has 2 heteroatoms. The second-order valence-electron chi connectivity index (χ2n) is 4.61. The maximum Gasteiger partial charge on any atom is 0.0726 e. The van der Waals surface area contributed by atoms with Crippen LogP contribution in [0.2, 0.25) is 0 Å². The van der Waals surface area contributed by atoms with Crippen LogP contribution < -0.4 is 0 Å². The van der Waals surface area contributed by atoms with Gasteiger partial charge in [0.25, 0.3) is 0 Å². The molecule has 78 valence electrons. The fourth-order valence-corrected chi connectivity index (χ4v) is 2.40. The van der Waals surface area contributed by atoms with Crippen LogP contribution in [0.5, 0.6) is 0 Å². The average Bonchev–Trinajstić information content (AvgIpc) is 2.49. The van der Waals surface area contributed by atoms with Crippen LogP contribution in [0, 0.1) is 5.92 Å². The average molecular weight is 185 g/mol. The molecular formula is C11H23NO.